The number of benzene rings is 1. The van der Waals surface area contributed by atoms with Crippen molar-refractivity contribution in [1.82, 2.24) is 0 Å². The highest BCUT2D eigenvalue weighted by Gasteiger charge is 2.20. The molecule has 2 heteroatoms. The van der Waals surface area contributed by atoms with Crippen LogP contribution >= 0.6 is 11.6 Å². The van der Waals surface area contributed by atoms with Gasteiger partial charge in [-0.2, -0.15) is 0 Å². The smallest absolute Gasteiger partial charge is 0.126 e. The summed E-state index contributed by atoms with van der Waals surface area (Å²) in [5.41, 5.74) is 0.747. The van der Waals surface area contributed by atoms with Gasteiger partial charge in [-0.15, -0.1) is 11.6 Å². The van der Waals surface area contributed by atoms with Crippen molar-refractivity contribution in [3.63, 3.8) is 0 Å². The number of alkyl halides is 1. The summed E-state index contributed by atoms with van der Waals surface area (Å²) in [5.74, 6) is -0.0127. The van der Waals surface area contributed by atoms with E-state index < -0.39 is 0 Å². The van der Waals surface area contributed by atoms with E-state index in [1.807, 2.05) is 26.0 Å². The summed E-state index contributed by atoms with van der Waals surface area (Å²) in [6, 6.07) is 6.90. The first-order valence-electron chi connectivity index (χ1n) is 5.09. The maximum absolute atomic E-state index is 13.5. The van der Waals surface area contributed by atoms with Gasteiger partial charge >= 0.3 is 0 Å². The molecule has 1 aromatic carbocycles. The molecule has 0 spiro atoms. The summed E-state index contributed by atoms with van der Waals surface area (Å²) in [7, 11) is 0. The monoisotopic (exact) mass is 214 g/mol. The topological polar surface area (TPSA) is 0 Å². The Bertz CT molecular complexity index is 285. The van der Waals surface area contributed by atoms with E-state index in [4.69, 9.17) is 11.6 Å². The zero-order valence-electron chi connectivity index (χ0n) is 8.63. The minimum Gasteiger partial charge on any atom is -0.207 e. The molecule has 0 aliphatic carbocycles. The van der Waals surface area contributed by atoms with Gasteiger partial charge in [-0.3, -0.25) is 0 Å². The minimum atomic E-state index is -0.140. The van der Waals surface area contributed by atoms with Crippen molar-refractivity contribution >= 4 is 11.6 Å². The van der Waals surface area contributed by atoms with Crippen molar-refractivity contribution in [3.8, 4) is 0 Å². The van der Waals surface area contributed by atoms with Crippen LogP contribution in [0.1, 0.15) is 38.2 Å². The summed E-state index contributed by atoms with van der Waals surface area (Å²) >= 11 is 6.17. The fourth-order valence-corrected chi connectivity index (χ4v) is 2.04. The highest BCUT2D eigenvalue weighted by atomic mass is 35.5. The second-order valence-corrected chi connectivity index (χ2v) is 4.02. The predicted octanol–water partition coefficient (Wildman–Crippen LogP) is 4.34. The second-order valence-electron chi connectivity index (χ2n) is 3.46. The molecule has 0 fully saturated rings. The fraction of sp³-hybridized carbons (Fsp3) is 0.500. The van der Waals surface area contributed by atoms with Crippen LogP contribution in [0.4, 0.5) is 4.39 Å². The van der Waals surface area contributed by atoms with Crippen molar-refractivity contribution in [3.05, 3.63) is 35.6 Å². The van der Waals surface area contributed by atoms with E-state index >= 15 is 0 Å². The van der Waals surface area contributed by atoms with Crippen LogP contribution in [0.15, 0.2) is 24.3 Å². The Kier molecular flexibility index (Phi) is 4.40. The average Bonchev–Trinajstić information content (AvgIpc) is 2.21. The molecule has 2 unspecified atom stereocenters. The summed E-state index contributed by atoms with van der Waals surface area (Å²) in [5, 5.41) is 0.0249. The lowest BCUT2D eigenvalue weighted by atomic mass is 9.91. The van der Waals surface area contributed by atoms with Gasteiger partial charge in [0.15, 0.2) is 0 Å². The predicted molar refractivity (Wildman–Crippen MR) is 59.4 cm³/mol. The highest BCUT2D eigenvalue weighted by Crippen LogP contribution is 2.30. The minimum absolute atomic E-state index is 0.0249. The molecule has 0 N–H and O–H groups in total. The van der Waals surface area contributed by atoms with Crippen molar-refractivity contribution in [2.45, 2.75) is 38.0 Å². The van der Waals surface area contributed by atoms with Gasteiger partial charge < -0.3 is 0 Å². The Hall–Kier alpha value is -0.560. The van der Waals surface area contributed by atoms with Crippen LogP contribution < -0.4 is 0 Å². The maximum atomic E-state index is 13.5. The van der Waals surface area contributed by atoms with Crippen molar-refractivity contribution in [1.29, 1.82) is 0 Å². The fourth-order valence-electron chi connectivity index (χ4n) is 1.73. The highest BCUT2D eigenvalue weighted by molar-refractivity contribution is 6.21. The summed E-state index contributed by atoms with van der Waals surface area (Å²) in [6.07, 6.45) is 1.75. The second kappa shape index (κ2) is 5.35. The van der Waals surface area contributed by atoms with E-state index in [2.05, 4.69) is 0 Å². The van der Waals surface area contributed by atoms with Crippen LogP contribution in [0, 0.1) is 5.82 Å². The van der Waals surface area contributed by atoms with E-state index in [9.17, 15) is 4.39 Å². The molecule has 2 atom stereocenters. The molecule has 14 heavy (non-hydrogen) atoms. The van der Waals surface area contributed by atoms with Gasteiger partial charge in [-0.1, -0.05) is 32.0 Å². The molecule has 0 saturated heterocycles. The van der Waals surface area contributed by atoms with Crippen LogP contribution in [0.25, 0.3) is 0 Å². The molecule has 0 saturated carbocycles. The lowest BCUT2D eigenvalue weighted by Gasteiger charge is -2.20. The molecule has 78 valence electrons. The van der Waals surface area contributed by atoms with E-state index in [0.29, 0.717) is 0 Å². The molecule has 0 bridgehead atoms. The first kappa shape index (κ1) is 11.5. The Balaban J connectivity index is 2.94. The normalized spacial score (nSPS) is 15.1. The molecule has 0 aromatic heterocycles. The van der Waals surface area contributed by atoms with Crippen LogP contribution in [0.5, 0.6) is 0 Å². The molecule has 0 heterocycles. The van der Waals surface area contributed by atoms with Gasteiger partial charge in [-0.25, -0.2) is 4.39 Å². The molecular weight excluding hydrogens is 199 g/mol. The molecule has 1 aromatic rings. The Morgan fingerprint density at radius 1 is 1.21 bits per heavy atom. The molecule has 0 nitrogen and oxygen atoms in total. The SMILES string of the molecule is CCC(Cl)C(CC)c1ccccc1F. The Morgan fingerprint density at radius 2 is 1.86 bits per heavy atom. The van der Waals surface area contributed by atoms with Gasteiger partial charge in [-0.05, 0) is 24.5 Å². The van der Waals surface area contributed by atoms with Crippen LogP contribution in [0.2, 0.25) is 0 Å². The van der Waals surface area contributed by atoms with Crippen molar-refractivity contribution in [2.75, 3.05) is 0 Å². The quantitative estimate of drug-likeness (QED) is 0.655. The third kappa shape index (κ3) is 2.48. The third-order valence-electron chi connectivity index (χ3n) is 2.57. The first-order valence-corrected chi connectivity index (χ1v) is 5.52. The standard InChI is InChI=1S/C12H16ClF/c1-3-9(11(13)4-2)10-7-5-6-8-12(10)14/h5-9,11H,3-4H2,1-2H3. The van der Waals surface area contributed by atoms with Crippen LogP contribution in [-0.2, 0) is 0 Å². The molecule has 1 rings (SSSR count). The lowest BCUT2D eigenvalue weighted by molar-refractivity contribution is 0.544. The average molecular weight is 215 g/mol. The largest absolute Gasteiger partial charge is 0.207 e. The van der Waals surface area contributed by atoms with Gasteiger partial charge in [0, 0.05) is 11.3 Å². The van der Waals surface area contributed by atoms with Gasteiger partial charge in [0.25, 0.3) is 0 Å². The molecular formula is C12H16ClF. The van der Waals surface area contributed by atoms with E-state index in [1.165, 1.54) is 6.07 Å². The third-order valence-corrected chi connectivity index (χ3v) is 3.18. The van der Waals surface area contributed by atoms with Crippen LogP contribution in [-0.4, -0.2) is 5.38 Å². The molecule has 0 radical (unpaired) electrons. The van der Waals surface area contributed by atoms with Gasteiger partial charge in [0.2, 0.25) is 0 Å². The Labute approximate surface area is 90.1 Å². The molecule has 0 aliphatic rings. The summed E-state index contributed by atoms with van der Waals surface area (Å²) in [6.45, 7) is 4.07. The summed E-state index contributed by atoms with van der Waals surface area (Å²) < 4.78 is 13.5. The molecule has 0 aliphatic heterocycles. The van der Waals surface area contributed by atoms with Gasteiger partial charge in [0.05, 0.1) is 0 Å². The summed E-state index contributed by atoms with van der Waals surface area (Å²) in [4.78, 5) is 0. The number of hydrogen-bond acceptors (Lipinski definition) is 0. The van der Waals surface area contributed by atoms with Crippen molar-refractivity contribution in [2.24, 2.45) is 0 Å². The lowest BCUT2D eigenvalue weighted by Crippen LogP contribution is -2.12. The van der Waals surface area contributed by atoms with Crippen molar-refractivity contribution < 1.29 is 4.39 Å². The maximum Gasteiger partial charge on any atom is 0.126 e. The first-order chi connectivity index (χ1) is 6.70. The zero-order valence-corrected chi connectivity index (χ0v) is 9.39. The van der Waals surface area contributed by atoms with E-state index in [-0.39, 0.29) is 17.1 Å². The van der Waals surface area contributed by atoms with E-state index in [0.717, 1.165) is 18.4 Å². The zero-order chi connectivity index (χ0) is 10.6. The van der Waals surface area contributed by atoms with E-state index in [1.54, 1.807) is 6.07 Å². The Morgan fingerprint density at radius 3 is 2.36 bits per heavy atom. The van der Waals surface area contributed by atoms with Gasteiger partial charge in [0.1, 0.15) is 5.82 Å². The number of rotatable bonds is 4. The number of halogens is 2. The van der Waals surface area contributed by atoms with Crippen LogP contribution in [0.3, 0.4) is 0 Å². The molecule has 0 amide bonds. The number of hydrogen-bond donors (Lipinski definition) is 0.